The first-order valence-electron chi connectivity index (χ1n) is 15.3. The van der Waals surface area contributed by atoms with Gasteiger partial charge in [-0.2, -0.15) is 4.98 Å². The first kappa shape index (κ1) is 32.5. The summed E-state index contributed by atoms with van der Waals surface area (Å²) in [5, 5.41) is 4.11. The zero-order chi connectivity index (χ0) is 32.1. The molecule has 0 bridgehead atoms. The standard InChI is InChI=1S/C33H41FN6O4S/c1-22(2)40-31-25(20-35-33(37-31)36-26-11-13-27(14-12-26)39(3)16-17-44-4)18-28(32(40)41)24-10-15-30(29(34)19-24)38-45(42,43)21-23-8-6-5-7-9-23/h5-10,15,18-20,22,26-27,38H,11-14,16-17,21H2,1-4H3,(H,35,36,37). The van der Waals surface area contributed by atoms with E-state index in [1.165, 1.54) is 18.2 Å². The van der Waals surface area contributed by atoms with Crippen LogP contribution in [0.25, 0.3) is 22.2 Å². The van der Waals surface area contributed by atoms with Crippen molar-refractivity contribution in [3.8, 4) is 11.1 Å². The van der Waals surface area contributed by atoms with Gasteiger partial charge < -0.3 is 15.0 Å². The zero-order valence-corrected chi connectivity index (χ0v) is 27.0. The normalized spacial score (nSPS) is 17.2. The number of rotatable bonds is 12. The summed E-state index contributed by atoms with van der Waals surface area (Å²) in [5.74, 6) is -0.600. The minimum atomic E-state index is -3.85. The van der Waals surface area contributed by atoms with Gasteiger partial charge in [0.15, 0.2) is 0 Å². The van der Waals surface area contributed by atoms with E-state index in [0.29, 0.717) is 34.2 Å². The number of nitrogens with zero attached hydrogens (tertiary/aromatic N) is 4. The number of sulfonamides is 1. The maximum Gasteiger partial charge on any atom is 0.260 e. The van der Waals surface area contributed by atoms with Crippen LogP contribution in [0.2, 0.25) is 0 Å². The molecule has 45 heavy (non-hydrogen) atoms. The second kappa shape index (κ2) is 14.1. The van der Waals surface area contributed by atoms with Crippen LogP contribution in [0.3, 0.4) is 0 Å². The number of benzene rings is 2. The third kappa shape index (κ3) is 7.86. The predicted molar refractivity (Wildman–Crippen MR) is 176 cm³/mol. The van der Waals surface area contributed by atoms with Crippen LogP contribution in [-0.4, -0.2) is 67.2 Å². The monoisotopic (exact) mass is 636 g/mol. The summed E-state index contributed by atoms with van der Waals surface area (Å²) in [6.07, 6.45) is 5.79. The molecule has 0 amide bonds. The molecule has 0 aliphatic heterocycles. The quantitative estimate of drug-likeness (QED) is 0.212. The van der Waals surface area contributed by atoms with Crippen LogP contribution in [0.1, 0.15) is 51.1 Å². The lowest BCUT2D eigenvalue weighted by molar-refractivity contribution is 0.121. The molecule has 2 N–H and O–H groups in total. The number of hydrogen-bond acceptors (Lipinski definition) is 8. The number of ether oxygens (including phenoxy) is 1. The third-order valence-electron chi connectivity index (χ3n) is 8.34. The topological polar surface area (TPSA) is 118 Å². The van der Waals surface area contributed by atoms with Gasteiger partial charge in [0.25, 0.3) is 5.56 Å². The number of anilines is 2. The lowest BCUT2D eigenvalue weighted by atomic mass is 9.90. The molecule has 0 atom stereocenters. The molecule has 12 heteroatoms. The summed E-state index contributed by atoms with van der Waals surface area (Å²) < 4.78 is 49.7. The van der Waals surface area contributed by atoms with E-state index in [2.05, 4.69) is 27.0 Å². The van der Waals surface area contributed by atoms with Gasteiger partial charge in [0, 0.05) is 48.9 Å². The van der Waals surface area contributed by atoms with Crippen molar-refractivity contribution >= 4 is 32.7 Å². The van der Waals surface area contributed by atoms with Crippen LogP contribution >= 0.6 is 0 Å². The molecule has 0 spiro atoms. The minimum absolute atomic E-state index is 0.186. The minimum Gasteiger partial charge on any atom is -0.383 e. The molecule has 0 unspecified atom stereocenters. The molecule has 1 aliphatic rings. The maximum atomic E-state index is 15.2. The third-order valence-corrected chi connectivity index (χ3v) is 9.58. The van der Waals surface area contributed by atoms with Gasteiger partial charge in [-0.3, -0.25) is 14.1 Å². The summed E-state index contributed by atoms with van der Waals surface area (Å²) in [4.78, 5) is 25.4. The average molecular weight is 637 g/mol. The molecule has 2 aromatic carbocycles. The molecule has 240 valence electrons. The molecule has 2 heterocycles. The Morgan fingerprint density at radius 3 is 2.49 bits per heavy atom. The summed E-state index contributed by atoms with van der Waals surface area (Å²) >= 11 is 0. The molecule has 1 fully saturated rings. The second-order valence-corrected chi connectivity index (χ2v) is 13.7. The highest BCUT2D eigenvalue weighted by atomic mass is 32.2. The number of fused-ring (bicyclic) bond motifs is 1. The highest BCUT2D eigenvalue weighted by Crippen LogP contribution is 2.28. The Morgan fingerprint density at radius 1 is 1.09 bits per heavy atom. The molecule has 4 aromatic rings. The molecule has 0 saturated heterocycles. The first-order valence-corrected chi connectivity index (χ1v) is 16.9. The summed E-state index contributed by atoms with van der Waals surface area (Å²) in [6.45, 7) is 5.42. The van der Waals surface area contributed by atoms with Gasteiger partial charge in [-0.25, -0.2) is 17.8 Å². The summed E-state index contributed by atoms with van der Waals surface area (Å²) in [5.41, 5.74) is 1.17. The van der Waals surface area contributed by atoms with Gasteiger partial charge in [-0.05, 0) is 75.9 Å². The maximum absolute atomic E-state index is 15.2. The fourth-order valence-corrected chi connectivity index (χ4v) is 7.10. The van der Waals surface area contributed by atoms with Gasteiger partial charge in [0.2, 0.25) is 16.0 Å². The second-order valence-electron chi connectivity index (χ2n) is 12.0. The summed E-state index contributed by atoms with van der Waals surface area (Å²) in [6, 6.07) is 14.9. The molecule has 1 aliphatic carbocycles. The fraction of sp³-hybridized carbons (Fsp3) is 0.424. The van der Waals surface area contributed by atoms with E-state index >= 15 is 4.39 Å². The van der Waals surface area contributed by atoms with E-state index in [4.69, 9.17) is 9.72 Å². The Morgan fingerprint density at radius 2 is 1.82 bits per heavy atom. The number of aromatic nitrogens is 3. The predicted octanol–water partition coefficient (Wildman–Crippen LogP) is 5.42. The SMILES string of the molecule is COCCN(C)C1CCC(Nc2ncc3cc(-c4ccc(NS(=O)(=O)Cc5ccccc5)c(F)c4)c(=O)n(C(C)C)c3n2)CC1. The number of methoxy groups -OCH3 is 1. The van der Waals surface area contributed by atoms with Crippen LogP contribution in [0, 0.1) is 5.82 Å². The lowest BCUT2D eigenvalue weighted by Crippen LogP contribution is -2.39. The van der Waals surface area contributed by atoms with Crippen LogP contribution in [0.15, 0.2) is 65.6 Å². The molecule has 2 aromatic heterocycles. The molecule has 5 rings (SSSR count). The van der Waals surface area contributed by atoms with Gasteiger partial charge >= 0.3 is 0 Å². The average Bonchev–Trinajstić information content (AvgIpc) is 3.01. The first-order chi connectivity index (χ1) is 21.5. The number of pyridine rings is 1. The molecular formula is C33H41FN6O4S. The largest absolute Gasteiger partial charge is 0.383 e. The van der Waals surface area contributed by atoms with Crippen molar-refractivity contribution in [1.29, 1.82) is 0 Å². The van der Waals surface area contributed by atoms with Gasteiger partial charge in [0.1, 0.15) is 11.5 Å². The summed E-state index contributed by atoms with van der Waals surface area (Å²) in [7, 11) is 0.00661. The van der Waals surface area contributed by atoms with E-state index in [0.717, 1.165) is 38.8 Å². The number of likely N-dealkylation sites (N-methyl/N-ethyl adjacent to an activating group) is 1. The van der Waals surface area contributed by atoms with Crippen LogP contribution in [-0.2, 0) is 20.5 Å². The molecule has 10 nitrogen and oxygen atoms in total. The van der Waals surface area contributed by atoms with Crippen molar-refractivity contribution in [2.45, 2.75) is 63.4 Å². The van der Waals surface area contributed by atoms with E-state index in [9.17, 15) is 13.2 Å². The van der Waals surface area contributed by atoms with Gasteiger partial charge in [-0.15, -0.1) is 0 Å². The zero-order valence-electron chi connectivity index (χ0n) is 26.2. The van der Waals surface area contributed by atoms with Crippen LogP contribution < -0.4 is 15.6 Å². The highest BCUT2D eigenvalue weighted by Gasteiger charge is 2.25. The van der Waals surface area contributed by atoms with E-state index in [1.54, 1.807) is 54.3 Å². The Labute approximate surface area is 263 Å². The van der Waals surface area contributed by atoms with Crippen molar-refractivity contribution in [1.82, 2.24) is 19.4 Å². The Kier molecular flexibility index (Phi) is 10.2. The van der Waals surface area contributed by atoms with Crippen molar-refractivity contribution in [2.75, 3.05) is 37.3 Å². The van der Waals surface area contributed by atoms with Crippen molar-refractivity contribution in [3.05, 3.63) is 82.5 Å². The van der Waals surface area contributed by atoms with E-state index in [-0.39, 0.29) is 34.6 Å². The Hall–Kier alpha value is -3.87. The van der Waals surface area contributed by atoms with Crippen molar-refractivity contribution in [3.63, 3.8) is 0 Å². The van der Waals surface area contributed by atoms with E-state index < -0.39 is 15.8 Å². The van der Waals surface area contributed by atoms with Crippen molar-refractivity contribution < 1.29 is 17.5 Å². The van der Waals surface area contributed by atoms with Crippen LogP contribution in [0.5, 0.6) is 0 Å². The molecule has 0 radical (unpaired) electrons. The highest BCUT2D eigenvalue weighted by molar-refractivity contribution is 7.91. The lowest BCUT2D eigenvalue weighted by Gasteiger charge is -2.34. The Bertz CT molecular complexity index is 1790. The molecular weight excluding hydrogens is 595 g/mol. The molecule has 1 saturated carbocycles. The van der Waals surface area contributed by atoms with E-state index in [1.807, 2.05) is 13.8 Å². The Balaban J connectivity index is 1.35. The number of halogens is 1. The van der Waals surface area contributed by atoms with Crippen molar-refractivity contribution in [2.24, 2.45) is 0 Å². The number of nitrogens with one attached hydrogen (secondary N) is 2. The number of hydrogen-bond donors (Lipinski definition) is 2. The van der Waals surface area contributed by atoms with Gasteiger partial charge in [0.05, 0.1) is 18.0 Å². The van der Waals surface area contributed by atoms with Crippen LogP contribution in [0.4, 0.5) is 16.0 Å². The smallest absolute Gasteiger partial charge is 0.260 e. The fourth-order valence-electron chi connectivity index (χ4n) is 5.90. The van der Waals surface area contributed by atoms with Gasteiger partial charge in [-0.1, -0.05) is 36.4 Å².